The lowest BCUT2D eigenvalue weighted by molar-refractivity contribution is -0.137. The van der Waals surface area contributed by atoms with E-state index < -0.39 is 33.6 Å². The van der Waals surface area contributed by atoms with E-state index in [1.165, 1.54) is 31.4 Å². The second-order valence-corrected chi connectivity index (χ2v) is 12.4. The molecular weight excluding hydrogens is 560 g/mol. The number of alkyl halides is 3. The number of nitrogens with zero attached hydrogens (tertiary/aromatic N) is 2. The fourth-order valence-corrected chi connectivity index (χ4v) is 6.41. The van der Waals surface area contributed by atoms with E-state index in [-0.39, 0.29) is 36.9 Å². The summed E-state index contributed by atoms with van der Waals surface area (Å²) >= 11 is 0. The number of benzene rings is 2. The van der Waals surface area contributed by atoms with Crippen molar-refractivity contribution in [2.24, 2.45) is 10.9 Å². The van der Waals surface area contributed by atoms with Crippen LogP contribution in [0.4, 0.5) is 17.6 Å². The summed E-state index contributed by atoms with van der Waals surface area (Å²) in [5.74, 6) is 0.152. The zero-order chi connectivity index (χ0) is 29.6. The molecule has 0 spiro atoms. The van der Waals surface area contributed by atoms with Crippen LogP contribution in [-0.4, -0.2) is 50.1 Å². The molecule has 0 bridgehead atoms. The summed E-state index contributed by atoms with van der Waals surface area (Å²) in [6, 6.07) is 8.03. The number of sulfonamides is 1. The fourth-order valence-electron chi connectivity index (χ4n) is 4.98. The monoisotopic (exact) mass is 594 g/mol. The largest absolute Gasteiger partial charge is 0.416 e. The van der Waals surface area contributed by atoms with Crippen molar-refractivity contribution in [1.29, 1.82) is 0 Å². The predicted molar refractivity (Wildman–Crippen MR) is 148 cm³/mol. The Morgan fingerprint density at radius 2 is 1.71 bits per heavy atom. The number of carbonyl (C=O) groups excluding carboxylic acids is 1. The molecule has 7 nitrogen and oxygen atoms in total. The molecule has 222 valence electrons. The van der Waals surface area contributed by atoms with Crippen LogP contribution in [0.3, 0.4) is 0 Å². The van der Waals surface area contributed by atoms with Gasteiger partial charge in [-0.3, -0.25) is 9.79 Å². The van der Waals surface area contributed by atoms with E-state index in [2.05, 4.69) is 22.2 Å². The van der Waals surface area contributed by atoms with E-state index in [0.29, 0.717) is 29.4 Å². The summed E-state index contributed by atoms with van der Waals surface area (Å²) in [7, 11) is -4.14. The minimum Gasteiger partial charge on any atom is -0.357 e. The van der Waals surface area contributed by atoms with Gasteiger partial charge in [0.15, 0.2) is 0 Å². The molecule has 2 N–H and O–H groups in total. The van der Waals surface area contributed by atoms with Crippen molar-refractivity contribution in [2.45, 2.75) is 62.2 Å². The van der Waals surface area contributed by atoms with Crippen molar-refractivity contribution >= 4 is 21.8 Å². The van der Waals surface area contributed by atoms with Crippen LogP contribution in [0.2, 0.25) is 0 Å². The summed E-state index contributed by atoms with van der Waals surface area (Å²) < 4.78 is 80.5. The van der Waals surface area contributed by atoms with Gasteiger partial charge in [-0.2, -0.15) is 17.5 Å². The van der Waals surface area contributed by atoms with E-state index in [4.69, 9.17) is 0 Å². The Kier molecular flexibility index (Phi) is 9.85. The number of hydrogen-bond acceptors (Lipinski definition) is 5. The van der Waals surface area contributed by atoms with Gasteiger partial charge in [-0.25, -0.2) is 12.8 Å². The molecule has 2 aromatic rings. The topological polar surface area (TPSA) is 90.9 Å². The lowest BCUT2D eigenvalue weighted by Crippen LogP contribution is -2.46. The highest BCUT2D eigenvalue weighted by Crippen LogP contribution is 2.30. The number of amides is 1. The van der Waals surface area contributed by atoms with Crippen LogP contribution in [0.5, 0.6) is 0 Å². The van der Waals surface area contributed by atoms with E-state index in [1.54, 1.807) is 0 Å². The fraction of sp³-hybridized carbons (Fsp3) is 0.448. The van der Waals surface area contributed by atoms with Gasteiger partial charge in [0.05, 0.1) is 17.0 Å². The highest BCUT2D eigenvalue weighted by molar-refractivity contribution is 7.89. The quantitative estimate of drug-likeness (QED) is 0.357. The molecule has 2 aliphatic rings. The normalized spacial score (nSPS) is 18.2. The SMILES string of the molecule is C=C(CCN(Cc1ccc(C(F)(F)F)cc1)S(=O)(=O)c1ccc(F)cc1)C1=NC[C@@H](C(=O)NCC2CCCCC2)N1. The molecule has 0 saturated heterocycles. The summed E-state index contributed by atoms with van der Waals surface area (Å²) in [5, 5.41) is 6.07. The Balaban J connectivity index is 1.40. The molecule has 2 aromatic carbocycles. The summed E-state index contributed by atoms with van der Waals surface area (Å²) in [6.07, 6.45) is 1.45. The molecule has 0 aromatic heterocycles. The molecular formula is C29H34F4N4O3S. The molecule has 0 radical (unpaired) electrons. The number of rotatable bonds is 11. The Bertz CT molecular complexity index is 1350. The Labute approximate surface area is 237 Å². The number of halogens is 4. The first-order valence-corrected chi connectivity index (χ1v) is 15.1. The van der Waals surface area contributed by atoms with Gasteiger partial charge in [-0.05, 0) is 72.7 Å². The van der Waals surface area contributed by atoms with Crippen molar-refractivity contribution in [3.05, 3.63) is 77.6 Å². The smallest absolute Gasteiger partial charge is 0.357 e. The number of carbonyl (C=O) groups is 1. The van der Waals surface area contributed by atoms with Crippen LogP contribution >= 0.6 is 0 Å². The van der Waals surface area contributed by atoms with E-state index in [0.717, 1.165) is 53.5 Å². The number of hydrogen-bond donors (Lipinski definition) is 2. The van der Waals surface area contributed by atoms with Gasteiger partial charge in [0, 0.05) is 19.6 Å². The maximum Gasteiger partial charge on any atom is 0.416 e. The van der Waals surface area contributed by atoms with Gasteiger partial charge in [0.2, 0.25) is 15.9 Å². The highest BCUT2D eigenvalue weighted by atomic mass is 32.2. The van der Waals surface area contributed by atoms with E-state index in [1.807, 2.05) is 0 Å². The second-order valence-electron chi connectivity index (χ2n) is 10.5. The molecule has 1 heterocycles. The van der Waals surface area contributed by atoms with Gasteiger partial charge in [0.25, 0.3) is 0 Å². The molecule has 1 aliphatic carbocycles. The molecule has 1 aliphatic heterocycles. The number of nitrogens with one attached hydrogen (secondary N) is 2. The third-order valence-corrected chi connectivity index (χ3v) is 9.30. The van der Waals surface area contributed by atoms with Crippen molar-refractivity contribution in [2.75, 3.05) is 19.6 Å². The maximum absolute atomic E-state index is 13.5. The zero-order valence-corrected chi connectivity index (χ0v) is 23.4. The molecule has 4 rings (SSSR count). The van der Waals surface area contributed by atoms with Crippen LogP contribution in [0.15, 0.2) is 70.6 Å². The van der Waals surface area contributed by atoms with Gasteiger partial charge < -0.3 is 10.6 Å². The Morgan fingerprint density at radius 1 is 1.05 bits per heavy atom. The standard InChI is InChI=1S/C29H34F4N4O3S/c1-20(27-34-18-26(36-27)28(38)35-17-21-5-3-2-4-6-21)15-16-37(41(39,40)25-13-11-24(30)12-14-25)19-22-7-9-23(10-8-22)29(31,32)33/h7-14,21,26H,1-6,15-19H2,(H,34,36)(H,35,38)/t26-/m0/s1. The molecule has 1 fully saturated rings. The maximum atomic E-state index is 13.5. The lowest BCUT2D eigenvalue weighted by atomic mass is 9.89. The number of amidine groups is 1. The number of aliphatic imine (C=N–C) groups is 1. The minimum atomic E-state index is -4.52. The highest BCUT2D eigenvalue weighted by Gasteiger charge is 2.31. The van der Waals surface area contributed by atoms with Crippen LogP contribution < -0.4 is 10.6 Å². The zero-order valence-electron chi connectivity index (χ0n) is 22.6. The van der Waals surface area contributed by atoms with Gasteiger partial charge in [-0.15, -0.1) is 0 Å². The van der Waals surface area contributed by atoms with Gasteiger partial charge in [0.1, 0.15) is 17.7 Å². The molecule has 0 unspecified atom stereocenters. The van der Waals surface area contributed by atoms with E-state index >= 15 is 0 Å². The minimum absolute atomic E-state index is 0.0706. The van der Waals surface area contributed by atoms with Crippen LogP contribution in [0, 0.1) is 11.7 Å². The summed E-state index contributed by atoms with van der Waals surface area (Å²) in [4.78, 5) is 16.9. The lowest BCUT2D eigenvalue weighted by Gasteiger charge is -2.24. The molecule has 1 atom stereocenters. The molecule has 1 amide bonds. The van der Waals surface area contributed by atoms with Crippen molar-refractivity contribution in [3.63, 3.8) is 0 Å². The van der Waals surface area contributed by atoms with Gasteiger partial charge >= 0.3 is 6.18 Å². The van der Waals surface area contributed by atoms with Crippen LogP contribution in [0.25, 0.3) is 0 Å². The first-order chi connectivity index (χ1) is 19.4. The first-order valence-electron chi connectivity index (χ1n) is 13.6. The summed E-state index contributed by atoms with van der Waals surface area (Å²) in [6.45, 7) is 4.59. The predicted octanol–water partition coefficient (Wildman–Crippen LogP) is 5.05. The first kappa shape index (κ1) is 30.7. The Morgan fingerprint density at radius 3 is 2.34 bits per heavy atom. The average molecular weight is 595 g/mol. The summed E-state index contributed by atoms with van der Waals surface area (Å²) in [5.41, 5.74) is -0.00939. The average Bonchev–Trinajstić information content (AvgIpc) is 3.45. The Hall–Kier alpha value is -3.25. The molecule has 41 heavy (non-hydrogen) atoms. The van der Waals surface area contributed by atoms with E-state index in [9.17, 15) is 30.8 Å². The van der Waals surface area contributed by atoms with Crippen molar-refractivity contribution < 1.29 is 30.8 Å². The second kappa shape index (κ2) is 13.2. The third-order valence-electron chi connectivity index (χ3n) is 7.44. The van der Waals surface area contributed by atoms with Crippen LogP contribution in [-0.2, 0) is 27.5 Å². The van der Waals surface area contributed by atoms with Crippen molar-refractivity contribution in [3.8, 4) is 0 Å². The molecule has 12 heteroatoms. The third kappa shape index (κ3) is 8.16. The van der Waals surface area contributed by atoms with Crippen molar-refractivity contribution in [1.82, 2.24) is 14.9 Å². The van der Waals surface area contributed by atoms with Gasteiger partial charge in [-0.1, -0.05) is 38.0 Å². The van der Waals surface area contributed by atoms with Crippen LogP contribution in [0.1, 0.15) is 49.7 Å². The molecule has 1 saturated carbocycles.